The van der Waals surface area contributed by atoms with Crippen LogP contribution in [-0.2, 0) is 10.8 Å². The number of fused-ring (bicyclic) bond motifs is 14. The van der Waals surface area contributed by atoms with Gasteiger partial charge in [0.15, 0.2) is 0 Å². The van der Waals surface area contributed by atoms with Crippen molar-refractivity contribution in [3.63, 3.8) is 0 Å². The Bertz CT molecular complexity index is 4600. The monoisotopic (exact) mass is 942 g/mol. The molecule has 0 radical (unpaired) electrons. The van der Waals surface area contributed by atoms with Crippen molar-refractivity contribution in [1.29, 1.82) is 0 Å². The van der Waals surface area contributed by atoms with Crippen molar-refractivity contribution in [2.45, 2.75) is 38.5 Å². The van der Waals surface area contributed by atoms with Gasteiger partial charge in [0, 0.05) is 48.8 Å². The summed E-state index contributed by atoms with van der Waals surface area (Å²) < 4.78 is 4.91. The first-order chi connectivity index (χ1) is 36.3. The molecule has 74 heavy (non-hydrogen) atoms. The van der Waals surface area contributed by atoms with Crippen LogP contribution < -0.4 is 0 Å². The van der Waals surface area contributed by atoms with Gasteiger partial charge in [-0.1, -0.05) is 204 Å². The SMILES string of the molecule is CC1(C)c2cc(-c3c4ccccc4c(-n4c5ccccc5c5ccccc54)c4ccccc34)ccc2-c2c1cc1c3c(cccc23)C(C)(C)c2cc(-c3ccc(-n4c5ccccc5c5ccccc54)cc3)ccc2-1. The molecule has 0 bridgehead atoms. The van der Waals surface area contributed by atoms with Crippen LogP contribution in [-0.4, -0.2) is 9.13 Å². The van der Waals surface area contributed by atoms with Gasteiger partial charge in [-0.2, -0.15) is 0 Å². The predicted molar refractivity (Wildman–Crippen MR) is 314 cm³/mol. The fourth-order valence-corrected chi connectivity index (χ4v) is 14.0. The number of hydrogen-bond acceptors (Lipinski definition) is 0. The molecule has 0 saturated heterocycles. The Morgan fingerprint density at radius 2 is 0.703 bits per heavy atom. The lowest BCUT2D eigenvalue weighted by Gasteiger charge is -2.36. The molecule has 2 heteroatoms. The van der Waals surface area contributed by atoms with Crippen molar-refractivity contribution in [1.82, 2.24) is 9.13 Å². The molecule has 12 aromatic carbocycles. The number of aromatic nitrogens is 2. The molecule has 0 aliphatic heterocycles. The van der Waals surface area contributed by atoms with E-state index in [-0.39, 0.29) is 10.8 Å². The maximum atomic E-state index is 2.57. The topological polar surface area (TPSA) is 9.86 Å². The summed E-state index contributed by atoms with van der Waals surface area (Å²) in [6.07, 6.45) is 0. The summed E-state index contributed by atoms with van der Waals surface area (Å²) in [4.78, 5) is 0. The molecule has 348 valence electrons. The van der Waals surface area contributed by atoms with E-state index in [2.05, 4.69) is 267 Å². The Kier molecular flexibility index (Phi) is 8.33. The molecule has 0 atom stereocenters. The van der Waals surface area contributed by atoms with Crippen molar-refractivity contribution in [2.75, 3.05) is 0 Å². The molecular weight excluding hydrogens is 893 g/mol. The van der Waals surface area contributed by atoms with Gasteiger partial charge in [0.25, 0.3) is 0 Å². The van der Waals surface area contributed by atoms with Crippen LogP contribution >= 0.6 is 0 Å². The lowest BCUT2D eigenvalue weighted by Crippen LogP contribution is -2.24. The number of rotatable bonds is 4. The van der Waals surface area contributed by atoms with Crippen LogP contribution in [0.2, 0.25) is 0 Å². The van der Waals surface area contributed by atoms with Gasteiger partial charge in [-0.05, 0) is 143 Å². The third-order valence-electron chi connectivity index (χ3n) is 17.5. The zero-order valence-corrected chi connectivity index (χ0v) is 41.8. The van der Waals surface area contributed by atoms with Gasteiger partial charge in [0.05, 0.1) is 27.8 Å². The average molecular weight is 943 g/mol. The van der Waals surface area contributed by atoms with E-state index in [4.69, 9.17) is 0 Å². The van der Waals surface area contributed by atoms with Crippen LogP contribution in [0.15, 0.2) is 231 Å². The van der Waals surface area contributed by atoms with Crippen LogP contribution in [0.3, 0.4) is 0 Å². The van der Waals surface area contributed by atoms with E-state index in [1.165, 1.54) is 154 Å². The molecule has 2 aliphatic carbocycles. The Balaban J connectivity index is 0.836. The summed E-state index contributed by atoms with van der Waals surface area (Å²) in [5.74, 6) is 0. The van der Waals surface area contributed by atoms with Gasteiger partial charge >= 0.3 is 0 Å². The molecule has 2 nitrogen and oxygen atoms in total. The second-order valence-electron chi connectivity index (χ2n) is 21.9. The van der Waals surface area contributed by atoms with Crippen LogP contribution in [0, 0.1) is 0 Å². The molecule has 0 N–H and O–H groups in total. The number of hydrogen-bond donors (Lipinski definition) is 0. The Labute approximate surface area is 430 Å². The van der Waals surface area contributed by atoms with Gasteiger partial charge in [0.1, 0.15) is 0 Å². The summed E-state index contributed by atoms with van der Waals surface area (Å²) in [6, 6.07) is 86.9. The van der Waals surface area contributed by atoms with Crippen LogP contribution in [0.25, 0.3) is 132 Å². The zero-order chi connectivity index (χ0) is 49.2. The lowest BCUT2D eigenvalue weighted by atomic mass is 9.67. The average Bonchev–Trinajstić information content (AvgIpc) is 4.04. The first-order valence-corrected chi connectivity index (χ1v) is 26.2. The molecule has 0 unspecified atom stereocenters. The Hall–Kier alpha value is -8.98. The second kappa shape index (κ2) is 14.8. The quantitative estimate of drug-likeness (QED) is 0.156. The largest absolute Gasteiger partial charge is 0.309 e. The molecule has 14 aromatic rings. The molecule has 2 aliphatic rings. The maximum Gasteiger partial charge on any atom is 0.0619 e. The highest BCUT2D eigenvalue weighted by Crippen LogP contribution is 2.58. The lowest BCUT2D eigenvalue weighted by molar-refractivity contribution is 0.644. The number of para-hydroxylation sites is 4. The van der Waals surface area contributed by atoms with Crippen LogP contribution in [0.5, 0.6) is 0 Å². The molecule has 0 fully saturated rings. The van der Waals surface area contributed by atoms with E-state index in [0.717, 1.165) is 0 Å². The number of benzene rings is 12. The summed E-state index contributed by atoms with van der Waals surface area (Å²) in [6.45, 7) is 9.75. The first kappa shape index (κ1) is 41.6. The molecule has 0 saturated carbocycles. The minimum absolute atomic E-state index is 0.219. The minimum Gasteiger partial charge on any atom is -0.309 e. The standard InChI is InChI=1S/C72H50N2/c1-71(2)59-27-17-26-57-68-56-39-35-45(67-52-22-5-7-24-54(52)70(55-25-8-6-23-53(55)67)74-65-30-15-11-20-50(65)51-21-12-16-31-66(51)74)41-61(56)72(3,4)62(68)42-58(69(57)59)47-38-34-44(40-60(47)71)43-32-36-46(37-33-43)73-63-28-13-9-18-48(63)49-19-10-14-29-64(49)73/h5-42H,1-4H3. The molecule has 0 spiro atoms. The third-order valence-corrected chi connectivity index (χ3v) is 17.5. The van der Waals surface area contributed by atoms with Gasteiger partial charge in [-0.25, -0.2) is 0 Å². The van der Waals surface area contributed by atoms with Crippen molar-refractivity contribution in [2.24, 2.45) is 0 Å². The molecule has 0 amide bonds. The van der Waals surface area contributed by atoms with Crippen molar-refractivity contribution in [3.8, 4) is 55.9 Å². The summed E-state index contributed by atoms with van der Waals surface area (Å²) >= 11 is 0. The highest BCUT2D eigenvalue weighted by molar-refractivity contribution is 6.21. The van der Waals surface area contributed by atoms with E-state index in [9.17, 15) is 0 Å². The molecule has 16 rings (SSSR count). The fraction of sp³-hybridized carbons (Fsp3) is 0.0833. The van der Waals surface area contributed by atoms with Gasteiger partial charge in [-0.15, -0.1) is 0 Å². The third kappa shape index (κ3) is 5.44. The van der Waals surface area contributed by atoms with E-state index < -0.39 is 0 Å². The van der Waals surface area contributed by atoms with Gasteiger partial charge < -0.3 is 9.13 Å². The Morgan fingerprint density at radius 3 is 1.28 bits per heavy atom. The summed E-state index contributed by atoms with van der Waals surface area (Å²) in [7, 11) is 0. The van der Waals surface area contributed by atoms with E-state index >= 15 is 0 Å². The smallest absolute Gasteiger partial charge is 0.0619 e. The van der Waals surface area contributed by atoms with E-state index in [0.29, 0.717) is 0 Å². The normalized spacial score (nSPS) is 14.2. The van der Waals surface area contributed by atoms with E-state index in [1.54, 1.807) is 0 Å². The highest BCUT2D eigenvalue weighted by atomic mass is 15.0. The van der Waals surface area contributed by atoms with Gasteiger partial charge in [0.2, 0.25) is 0 Å². The summed E-state index contributed by atoms with van der Waals surface area (Å²) in [5.41, 5.74) is 22.8. The fourth-order valence-electron chi connectivity index (χ4n) is 14.0. The van der Waals surface area contributed by atoms with Crippen molar-refractivity contribution in [3.05, 3.63) is 253 Å². The first-order valence-electron chi connectivity index (χ1n) is 26.2. The minimum atomic E-state index is -0.249. The number of nitrogens with zero attached hydrogens (tertiary/aromatic N) is 2. The molecular formula is C72H50N2. The predicted octanol–water partition coefficient (Wildman–Crippen LogP) is 19.3. The molecule has 2 aromatic heterocycles. The van der Waals surface area contributed by atoms with Crippen LogP contribution in [0.1, 0.15) is 49.9 Å². The van der Waals surface area contributed by atoms with Crippen LogP contribution in [0.4, 0.5) is 0 Å². The van der Waals surface area contributed by atoms with E-state index in [1.807, 2.05) is 0 Å². The van der Waals surface area contributed by atoms with Gasteiger partial charge in [-0.3, -0.25) is 0 Å². The van der Waals surface area contributed by atoms with Crippen molar-refractivity contribution >= 4 is 75.9 Å². The molecule has 2 heterocycles. The second-order valence-corrected chi connectivity index (χ2v) is 21.9. The van der Waals surface area contributed by atoms with Crippen molar-refractivity contribution < 1.29 is 0 Å². The summed E-state index contributed by atoms with van der Waals surface area (Å²) in [5, 5.41) is 12.9. The zero-order valence-electron chi connectivity index (χ0n) is 41.8. The highest BCUT2D eigenvalue weighted by Gasteiger charge is 2.41. The Morgan fingerprint density at radius 1 is 0.270 bits per heavy atom. The maximum absolute atomic E-state index is 2.57.